The number of carbonyl (C=O) groups is 1. The quantitative estimate of drug-likeness (QED) is 0.588. The first-order valence-corrected chi connectivity index (χ1v) is 12.1. The molecule has 2 rings (SSSR count). The summed E-state index contributed by atoms with van der Waals surface area (Å²) in [5, 5.41) is 3.04. The number of rotatable bonds is 9. The molecule has 1 saturated heterocycles. The van der Waals surface area contributed by atoms with Crippen LogP contribution in [0.2, 0.25) is 5.02 Å². The lowest BCUT2D eigenvalue weighted by Crippen LogP contribution is -3.16. The van der Waals surface area contributed by atoms with Gasteiger partial charge in [0.25, 0.3) is 5.91 Å². The van der Waals surface area contributed by atoms with Crippen molar-refractivity contribution < 1.29 is 18.1 Å². The fraction of sp³-hybridized carbons (Fsp3) is 0.650. The Hall–Kier alpha value is -1.15. The standard InChI is InChI=1S/C20H32ClN3O3S/c1-4-24(5-2)28(26,27)19-15-17(10-11-18(19)21)20(25)22-12-8-14-23-13-7-6-9-16(23)3/h10-11,15-16H,4-9,12-14H2,1-3H3,(H,22,25)/p+1/t16-/m1/s1. The highest BCUT2D eigenvalue weighted by Gasteiger charge is 2.26. The summed E-state index contributed by atoms with van der Waals surface area (Å²) in [4.78, 5) is 14.1. The van der Waals surface area contributed by atoms with Gasteiger partial charge in [-0.05, 0) is 44.4 Å². The van der Waals surface area contributed by atoms with Crippen LogP contribution in [0.3, 0.4) is 0 Å². The lowest BCUT2D eigenvalue weighted by Gasteiger charge is -2.30. The molecule has 0 aliphatic carbocycles. The Morgan fingerprint density at radius 1 is 1.29 bits per heavy atom. The summed E-state index contributed by atoms with van der Waals surface area (Å²) < 4.78 is 26.9. The van der Waals surface area contributed by atoms with Crippen molar-refractivity contribution in [1.29, 1.82) is 0 Å². The highest BCUT2D eigenvalue weighted by Crippen LogP contribution is 2.25. The summed E-state index contributed by atoms with van der Waals surface area (Å²) in [5.74, 6) is -0.269. The molecule has 1 fully saturated rings. The van der Waals surface area contributed by atoms with E-state index in [9.17, 15) is 13.2 Å². The largest absolute Gasteiger partial charge is 0.352 e. The van der Waals surface area contributed by atoms with Crippen molar-refractivity contribution >= 4 is 27.5 Å². The fourth-order valence-corrected chi connectivity index (χ4v) is 5.75. The monoisotopic (exact) mass is 430 g/mol. The van der Waals surface area contributed by atoms with Crippen LogP contribution in [0.25, 0.3) is 0 Å². The minimum Gasteiger partial charge on any atom is -0.352 e. The molecular weight excluding hydrogens is 398 g/mol. The number of sulfonamides is 1. The summed E-state index contributed by atoms with van der Waals surface area (Å²) in [6, 6.07) is 5.11. The minimum atomic E-state index is -3.72. The van der Waals surface area contributed by atoms with Crippen molar-refractivity contribution in [2.45, 2.75) is 57.4 Å². The van der Waals surface area contributed by atoms with E-state index in [2.05, 4.69) is 12.2 Å². The lowest BCUT2D eigenvalue weighted by molar-refractivity contribution is -0.928. The first-order chi connectivity index (χ1) is 13.3. The van der Waals surface area contributed by atoms with E-state index in [0.29, 0.717) is 31.2 Å². The molecule has 0 radical (unpaired) electrons. The zero-order chi connectivity index (χ0) is 20.7. The molecule has 1 aliphatic rings. The molecule has 2 atom stereocenters. The third-order valence-corrected chi connectivity index (χ3v) is 8.09. The number of halogens is 1. The normalized spacial score (nSPS) is 20.3. The molecule has 1 unspecified atom stereocenters. The smallest absolute Gasteiger partial charge is 0.251 e. The van der Waals surface area contributed by atoms with E-state index in [-0.39, 0.29) is 15.8 Å². The molecule has 1 aromatic carbocycles. The van der Waals surface area contributed by atoms with E-state index in [4.69, 9.17) is 11.6 Å². The van der Waals surface area contributed by atoms with Crippen molar-refractivity contribution in [3.05, 3.63) is 28.8 Å². The first kappa shape index (κ1) is 23.1. The Balaban J connectivity index is 1.98. The maximum absolute atomic E-state index is 12.8. The van der Waals surface area contributed by atoms with Crippen LogP contribution in [0, 0.1) is 0 Å². The van der Waals surface area contributed by atoms with Crippen LogP contribution in [-0.4, -0.2) is 57.4 Å². The van der Waals surface area contributed by atoms with E-state index in [1.165, 1.54) is 42.2 Å². The van der Waals surface area contributed by atoms with Gasteiger partial charge in [0.2, 0.25) is 10.0 Å². The van der Waals surface area contributed by atoms with E-state index >= 15 is 0 Å². The number of carbonyl (C=O) groups excluding carboxylic acids is 1. The Labute approximate surface area is 174 Å². The van der Waals surface area contributed by atoms with Crippen LogP contribution in [0.4, 0.5) is 0 Å². The average molecular weight is 431 g/mol. The molecule has 0 aromatic heterocycles. The van der Waals surface area contributed by atoms with Gasteiger partial charge >= 0.3 is 0 Å². The second-order valence-electron chi connectivity index (χ2n) is 7.40. The van der Waals surface area contributed by atoms with Gasteiger partial charge in [-0.1, -0.05) is 25.4 Å². The number of benzene rings is 1. The molecule has 158 valence electrons. The highest BCUT2D eigenvalue weighted by atomic mass is 35.5. The molecule has 0 spiro atoms. The SMILES string of the molecule is CCN(CC)S(=O)(=O)c1cc(C(=O)NCCC[NH+]2CCCC[C@H]2C)ccc1Cl. The van der Waals surface area contributed by atoms with Gasteiger partial charge < -0.3 is 10.2 Å². The molecule has 1 heterocycles. The van der Waals surface area contributed by atoms with Gasteiger partial charge in [-0.25, -0.2) is 8.42 Å². The summed E-state index contributed by atoms with van der Waals surface area (Å²) in [7, 11) is -3.72. The lowest BCUT2D eigenvalue weighted by atomic mass is 10.0. The number of quaternary nitrogens is 1. The second kappa shape index (κ2) is 10.6. The van der Waals surface area contributed by atoms with Gasteiger partial charge in [0.15, 0.2) is 0 Å². The van der Waals surface area contributed by atoms with Crippen molar-refractivity contribution in [2.75, 3.05) is 32.7 Å². The Bertz CT molecular complexity index is 766. The number of likely N-dealkylation sites (tertiary alicyclic amines) is 1. The number of hydrogen-bond acceptors (Lipinski definition) is 3. The van der Waals surface area contributed by atoms with E-state index in [1.807, 2.05) is 0 Å². The van der Waals surface area contributed by atoms with Crippen LogP contribution in [0.15, 0.2) is 23.1 Å². The third kappa shape index (κ3) is 5.69. The number of nitrogens with zero attached hydrogens (tertiary/aromatic N) is 1. The van der Waals surface area contributed by atoms with E-state index in [0.717, 1.165) is 13.0 Å². The van der Waals surface area contributed by atoms with Gasteiger partial charge in [-0.3, -0.25) is 4.79 Å². The predicted molar refractivity (Wildman–Crippen MR) is 113 cm³/mol. The first-order valence-electron chi connectivity index (χ1n) is 10.2. The molecule has 6 nitrogen and oxygen atoms in total. The Morgan fingerprint density at radius 3 is 2.64 bits per heavy atom. The predicted octanol–water partition coefficient (Wildman–Crippen LogP) is 1.95. The second-order valence-corrected chi connectivity index (χ2v) is 9.71. The third-order valence-electron chi connectivity index (χ3n) is 5.56. The van der Waals surface area contributed by atoms with E-state index in [1.54, 1.807) is 24.8 Å². The minimum absolute atomic E-state index is 0.0166. The average Bonchev–Trinajstić information content (AvgIpc) is 2.67. The van der Waals surface area contributed by atoms with Crippen LogP contribution >= 0.6 is 11.6 Å². The Morgan fingerprint density at radius 2 is 2.00 bits per heavy atom. The highest BCUT2D eigenvalue weighted by molar-refractivity contribution is 7.89. The van der Waals surface area contributed by atoms with Crippen molar-refractivity contribution in [3.8, 4) is 0 Å². The molecule has 1 amide bonds. The van der Waals surface area contributed by atoms with E-state index < -0.39 is 10.0 Å². The van der Waals surface area contributed by atoms with Gasteiger partial charge in [-0.15, -0.1) is 0 Å². The number of piperidine rings is 1. The van der Waals surface area contributed by atoms with Gasteiger partial charge in [0.05, 0.1) is 24.2 Å². The van der Waals surface area contributed by atoms with Crippen LogP contribution in [0.1, 0.15) is 56.8 Å². The molecule has 2 N–H and O–H groups in total. The maximum atomic E-state index is 12.8. The summed E-state index contributed by atoms with van der Waals surface area (Å²) in [6.07, 6.45) is 4.77. The molecule has 0 bridgehead atoms. The van der Waals surface area contributed by atoms with Crippen molar-refractivity contribution in [2.24, 2.45) is 0 Å². The molecule has 8 heteroatoms. The topological polar surface area (TPSA) is 70.9 Å². The van der Waals surface area contributed by atoms with Crippen LogP contribution < -0.4 is 10.2 Å². The summed E-state index contributed by atoms with van der Waals surface area (Å²) in [6.45, 7) is 9.37. The summed E-state index contributed by atoms with van der Waals surface area (Å²) >= 11 is 6.13. The number of hydrogen-bond donors (Lipinski definition) is 2. The van der Waals surface area contributed by atoms with Gasteiger partial charge in [0, 0.05) is 31.6 Å². The molecule has 1 aliphatic heterocycles. The van der Waals surface area contributed by atoms with Crippen LogP contribution in [-0.2, 0) is 10.0 Å². The van der Waals surface area contributed by atoms with Gasteiger partial charge in [0.1, 0.15) is 4.90 Å². The molecule has 1 aromatic rings. The number of amides is 1. The Kier molecular flexibility index (Phi) is 8.74. The van der Waals surface area contributed by atoms with Crippen molar-refractivity contribution in [1.82, 2.24) is 9.62 Å². The van der Waals surface area contributed by atoms with Crippen LogP contribution in [0.5, 0.6) is 0 Å². The summed E-state index contributed by atoms with van der Waals surface area (Å²) in [5.41, 5.74) is 0.314. The zero-order valence-corrected chi connectivity index (χ0v) is 18.7. The molecular formula is C20H33ClN3O3S+. The van der Waals surface area contributed by atoms with Gasteiger partial charge in [-0.2, -0.15) is 4.31 Å². The fourth-order valence-electron chi connectivity index (χ4n) is 3.79. The van der Waals surface area contributed by atoms with Crippen molar-refractivity contribution in [3.63, 3.8) is 0 Å². The molecule has 0 saturated carbocycles. The number of nitrogens with one attached hydrogen (secondary N) is 2. The zero-order valence-electron chi connectivity index (χ0n) is 17.1. The maximum Gasteiger partial charge on any atom is 0.251 e. The molecule has 28 heavy (non-hydrogen) atoms.